The smallest absolute Gasteiger partial charge is 0.298 e. The molecule has 1 radical (unpaired) electrons. The molecule has 0 rings (SSSR count). The minimum absolute atomic E-state index is 0.573. The second-order valence-corrected chi connectivity index (χ2v) is 7.68. The quantitative estimate of drug-likeness (QED) is 0.386. The van der Waals surface area contributed by atoms with E-state index in [9.17, 15) is 0 Å². The van der Waals surface area contributed by atoms with E-state index in [4.69, 9.17) is 33.6 Å². The van der Waals surface area contributed by atoms with Crippen molar-refractivity contribution in [2.45, 2.75) is 6.32 Å². The maximum absolute atomic E-state index is 5.69. The van der Waals surface area contributed by atoms with Crippen LogP contribution in [-0.2, 0) is 0 Å². The van der Waals surface area contributed by atoms with Gasteiger partial charge in [-0.05, 0) is 12.5 Å². The summed E-state index contributed by atoms with van der Waals surface area (Å²) in [6.45, 7) is 2.39. The molecule has 0 aliphatic carbocycles. The molecule has 0 saturated heterocycles. The van der Waals surface area contributed by atoms with Crippen LogP contribution in [0.3, 0.4) is 0 Å². The summed E-state index contributed by atoms with van der Waals surface area (Å²) in [5.41, 5.74) is 1.47. The molecule has 0 atom stereocenters. The van der Waals surface area contributed by atoms with Crippen LogP contribution in [0, 0.1) is 0 Å². The summed E-state index contributed by atoms with van der Waals surface area (Å²) < 4.78 is 3.88. The van der Waals surface area contributed by atoms with Crippen molar-refractivity contribution in [3.8, 4) is 0 Å². The van der Waals surface area contributed by atoms with Crippen LogP contribution in [0.1, 0.15) is 0 Å². The van der Waals surface area contributed by atoms with Gasteiger partial charge in [-0.3, -0.25) is 4.66 Å². The van der Waals surface area contributed by atoms with Crippen molar-refractivity contribution in [3.63, 3.8) is 0 Å². The molecule has 0 amide bonds. The highest BCUT2D eigenvalue weighted by atomic mass is 35.7. The monoisotopic (exact) mass is 212 g/mol. The second-order valence-electron chi connectivity index (χ2n) is 1.49. The van der Waals surface area contributed by atoms with Crippen LogP contribution in [0.5, 0.6) is 0 Å². The highest BCUT2D eigenvalue weighted by Crippen LogP contribution is 2.16. The fourth-order valence-electron chi connectivity index (χ4n) is 0.267. The van der Waals surface area contributed by atoms with Crippen LogP contribution in [0.2, 0.25) is 6.32 Å². The minimum Gasteiger partial charge on any atom is -0.298 e. The molecule has 0 aromatic heterocycles. The summed E-state index contributed by atoms with van der Waals surface area (Å²) in [5, 5.41) is 0. The van der Waals surface area contributed by atoms with Crippen LogP contribution in [-0.4, -0.2) is 19.8 Å². The van der Waals surface area contributed by atoms with E-state index in [1.54, 1.807) is 6.21 Å². The summed E-state index contributed by atoms with van der Waals surface area (Å²) in [6.07, 6.45) is 2.16. The first kappa shape index (κ1) is 10.6. The molecule has 0 saturated carbocycles. The van der Waals surface area contributed by atoms with Gasteiger partial charge in [0, 0.05) is 0 Å². The zero-order valence-corrected chi connectivity index (χ0v) is 8.50. The van der Waals surface area contributed by atoms with Crippen LogP contribution in [0.4, 0.5) is 0 Å². The van der Waals surface area contributed by atoms with E-state index >= 15 is 0 Å². The van der Waals surface area contributed by atoms with Crippen LogP contribution < -0.4 is 0 Å². The van der Waals surface area contributed by atoms with Gasteiger partial charge < -0.3 is 0 Å². The molecule has 1 nitrogen and oxygen atoms in total. The SMILES string of the molecule is C=C[Si](Cl)(Cl)N=CC[B]Cl. The highest BCUT2D eigenvalue weighted by Gasteiger charge is 2.21. The zero-order chi connectivity index (χ0) is 8.04. The molecule has 55 valence electrons. The van der Waals surface area contributed by atoms with Crippen LogP contribution in [0.15, 0.2) is 16.9 Å². The Hall–Kier alpha value is 0.562. The number of rotatable bonds is 4. The lowest BCUT2D eigenvalue weighted by atomic mass is 10.1. The Balaban J connectivity index is 3.74. The number of nitrogens with zero attached hydrogens (tertiary/aromatic N) is 1. The van der Waals surface area contributed by atoms with E-state index in [1.165, 1.54) is 12.4 Å². The first-order valence-electron chi connectivity index (χ1n) is 2.59. The molecular weight excluding hydrogens is 207 g/mol. The molecule has 10 heavy (non-hydrogen) atoms. The standard InChI is InChI=1S/C4H6BCl3NSi/c1-2-10(7,8)9-4-3-5-6/h2,4H,1,3H2. The molecule has 0 bridgehead atoms. The highest BCUT2D eigenvalue weighted by molar-refractivity contribution is 7.47. The van der Waals surface area contributed by atoms with Crippen molar-refractivity contribution < 1.29 is 0 Å². The normalized spacial score (nSPS) is 11.9. The van der Waals surface area contributed by atoms with Crippen molar-refractivity contribution in [2.24, 2.45) is 4.66 Å². The van der Waals surface area contributed by atoms with Crippen molar-refractivity contribution in [1.82, 2.24) is 0 Å². The van der Waals surface area contributed by atoms with E-state index in [-0.39, 0.29) is 0 Å². The van der Waals surface area contributed by atoms with Crippen molar-refractivity contribution in [3.05, 3.63) is 12.3 Å². The van der Waals surface area contributed by atoms with Gasteiger partial charge in [0.2, 0.25) is 6.69 Å². The average Bonchev–Trinajstić information content (AvgIpc) is 1.89. The van der Waals surface area contributed by atoms with E-state index in [1.807, 2.05) is 0 Å². The van der Waals surface area contributed by atoms with Crippen molar-refractivity contribution in [1.29, 1.82) is 0 Å². The lowest BCUT2D eigenvalue weighted by molar-refractivity contribution is 1.78. The molecule has 0 aromatic rings. The van der Waals surface area contributed by atoms with Gasteiger partial charge in [-0.2, -0.15) is 0 Å². The minimum atomic E-state index is -2.52. The molecule has 6 heteroatoms. The lowest BCUT2D eigenvalue weighted by Gasteiger charge is -2.01. The lowest BCUT2D eigenvalue weighted by Crippen LogP contribution is -2.11. The van der Waals surface area contributed by atoms with Gasteiger partial charge in [-0.25, -0.2) is 11.5 Å². The Morgan fingerprint density at radius 2 is 2.20 bits per heavy atom. The van der Waals surface area contributed by atoms with Gasteiger partial charge in [-0.15, -0.1) is 28.7 Å². The van der Waals surface area contributed by atoms with Gasteiger partial charge in [0.05, 0.1) is 0 Å². The zero-order valence-electron chi connectivity index (χ0n) is 5.23. The van der Waals surface area contributed by atoms with Gasteiger partial charge in [0.1, 0.15) is 0 Å². The van der Waals surface area contributed by atoms with Crippen LogP contribution in [0.25, 0.3) is 0 Å². The predicted molar refractivity (Wildman–Crippen MR) is 52.6 cm³/mol. The second kappa shape index (κ2) is 5.24. The number of hydrogen-bond acceptors (Lipinski definition) is 1. The van der Waals surface area contributed by atoms with E-state index in [0.29, 0.717) is 6.32 Å². The fraction of sp³-hybridized carbons (Fsp3) is 0.250. The third kappa shape index (κ3) is 5.35. The Morgan fingerprint density at radius 3 is 2.60 bits per heavy atom. The van der Waals surface area contributed by atoms with Gasteiger partial charge in [-0.1, -0.05) is 5.70 Å². The molecule has 0 aliphatic heterocycles. The molecule has 0 fully saturated rings. The maximum atomic E-state index is 5.69. The number of hydrogen-bond donors (Lipinski definition) is 0. The van der Waals surface area contributed by atoms with Gasteiger partial charge in [0.15, 0.2) is 0 Å². The predicted octanol–water partition coefficient (Wildman–Crippen LogP) is 2.48. The molecule has 0 unspecified atom stereocenters. The van der Waals surface area contributed by atoms with E-state index in [0.717, 1.165) is 0 Å². The Morgan fingerprint density at radius 1 is 1.60 bits per heavy atom. The third-order valence-electron chi connectivity index (χ3n) is 0.703. The Kier molecular flexibility index (Phi) is 5.54. The molecule has 0 spiro atoms. The van der Waals surface area contributed by atoms with Crippen molar-refractivity contribution >= 4 is 53.4 Å². The molecule has 0 aliphatic rings. The molecule has 0 N–H and O–H groups in total. The maximum Gasteiger partial charge on any atom is 0.395 e. The summed E-state index contributed by atoms with van der Waals surface area (Å²) in [7, 11) is 0. The molecule has 0 heterocycles. The topological polar surface area (TPSA) is 12.4 Å². The molecular formula is C4H6BCl3NSi. The average molecular weight is 213 g/mol. The number of halogens is 3. The van der Waals surface area contributed by atoms with E-state index in [2.05, 4.69) is 11.2 Å². The van der Waals surface area contributed by atoms with Crippen molar-refractivity contribution in [2.75, 3.05) is 0 Å². The first-order chi connectivity index (χ1) is 4.62. The Labute approximate surface area is 76.7 Å². The molecule has 0 aromatic carbocycles. The first-order valence-corrected chi connectivity index (χ1v) is 7.08. The summed E-state index contributed by atoms with van der Waals surface area (Å²) >= 11 is 16.6. The Bertz CT molecular complexity index is 138. The summed E-state index contributed by atoms with van der Waals surface area (Å²) in [4.78, 5) is 0. The third-order valence-corrected chi connectivity index (χ3v) is 3.41. The van der Waals surface area contributed by atoms with Gasteiger partial charge in [0.25, 0.3) is 0 Å². The summed E-state index contributed by atoms with van der Waals surface area (Å²) in [5.74, 6) is 0. The van der Waals surface area contributed by atoms with Gasteiger partial charge >= 0.3 is 6.86 Å². The fourth-order valence-corrected chi connectivity index (χ4v) is 1.21. The summed E-state index contributed by atoms with van der Waals surface area (Å²) in [6, 6.07) is 0. The van der Waals surface area contributed by atoms with Crippen LogP contribution >= 0.6 is 33.6 Å². The van der Waals surface area contributed by atoms with E-state index < -0.39 is 6.86 Å². The largest absolute Gasteiger partial charge is 0.395 e.